The zero-order chi connectivity index (χ0) is 20.1. The van der Waals surface area contributed by atoms with Crippen LogP contribution in [0.5, 0.6) is 0 Å². The molecule has 28 heavy (non-hydrogen) atoms. The van der Waals surface area contributed by atoms with Gasteiger partial charge in [0.05, 0.1) is 25.1 Å². The molecule has 1 aromatic heterocycles. The molecule has 1 amide bonds. The van der Waals surface area contributed by atoms with E-state index in [1.807, 2.05) is 32.0 Å². The normalized spacial score (nSPS) is 10.2. The molecule has 0 unspecified atom stereocenters. The van der Waals surface area contributed by atoms with Gasteiger partial charge in [0, 0.05) is 11.4 Å². The standard InChI is InChI=1S/C21H20N4O3/c1-13-6-4-9-17(14(13)2)25-20(26)18-11-23-19(12-22-18)24-16-8-5-7-15(10-16)21(27)28-3/h4-12H,1-3H3,(H,23,24)(H,25,26). The topological polar surface area (TPSA) is 93.2 Å². The minimum atomic E-state index is -0.423. The van der Waals surface area contributed by atoms with E-state index in [0.29, 0.717) is 17.1 Å². The predicted octanol–water partition coefficient (Wildman–Crippen LogP) is 3.88. The van der Waals surface area contributed by atoms with Gasteiger partial charge in [-0.05, 0) is 49.2 Å². The highest BCUT2D eigenvalue weighted by Crippen LogP contribution is 2.19. The van der Waals surface area contributed by atoms with Crippen LogP contribution in [-0.2, 0) is 4.74 Å². The summed E-state index contributed by atoms with van der Waals surface area (Å²) < 4.78 is 4.71. The Balaban J connectivity index is 1.70. The van der Waals surface area contributed by atoms with Crippen LogP contribution in [0, 0.1) is 13.8 Å². The van der Waals surface area contributed by atoms with Crippen molar-refractivity contribution in [3.63, 3.8) is 0 Å². The average molecular weight is 376 g/mol. The van der Waals surface area contributed by atoms with Crippen molar-refractivity contribution in [3.8, 4) is 0 Å². The van der Waals surface area contributed by atoms with E-state index >= 15 is 0 Å². The molecule has 2 aromatic carbocycles. The van der Waals surface area contributed by atoms with Crippen LogP contribution in [0.3, 0.4) is 0 Å². The van der Waals surface area contributed by atoms with Gasteiger partial charge in [0.25, 0.3) is 5.91 Å². The molecule has 0 saturated heterocycles. The number of carbonyl (C=O) groups excluding carboxylic acids is 2. The number of carbonyl (C=O) groups is 2. The van der Waals surface area contributed by atoms with Crippen molar-refractivity contribution in [1.29, 1.82) is 0 Å². The van der Waals surface area contributed by atoms with Gasteiger partial charge in [0.1, 0.15) is 11.5 Å². The Morgan fingerprint density at radius 3 is 2.50 bits per heavy atom. The molecule has 0 aliphatic carbocycles. The number of amides is 1. The van der Waals surface area contributed by atoms with Gasteiger partial charge in [-0.15, -0.1) is 0 Å². The van der Waals surface area contributed by atoms with Gasteiger partial charge in [0.15, 0.2) is 0 Å². The second kappa shape index (κ2) is 8.30. The van der Waals surface area contributed by atoms with E-state index in [9.17, 15) is 9.59 Å². The summed E-state index contributed by atoms with van der Waals surface area (Å²) in [6.07, 6.45) is 2.86. The summed E-state index contributed by atoms with van der Waals surface area (Å²) in [5.74, 6) is -0.307. The number of aromatic nitrogens is 2. The molecular weight excluding hydrogens is 356 g/mol. The molecule has 2 N–H and O–H groups in total. The highest BCUT2D eigenvalue weighted by Gasteiger charge is 2.11. The lowest BCUT2D eigenvalue weighted by Gasteiger charge is -2.10. The first-order valence-electron chi connectivity index (χ1n) is 8.63. The van der Waals surface area contributed by atoms with Crippen LogP contribution in [0.25, 0.3) is 0 Å². The molecule has 7 heteroatoms. The number of esters is 1. The molecule has 0 bridgehead atoms. The van der Waals surface area contributed by atoms with Crippen molar-refractivity contribution in [1.82, 2.24) is 9.97 Å². The van der Waals surface area contributed by atoms with Gasteiger partial charge < -0.3 is 15.4 Å². The van der Waals surface area contributed by atoms with Gasteiger partial charge >= 0.3 is 5.97 Å². The van der Waals surface area contributed by atoms with Gasteiger partial charge in [0.2, 0.25) is 0 Å². The van der Waals surface area contributed by atoms with Crippen LogP contribution in [0.1, 0.15) is 32.0 Å². The lowest BCUT2D eigenvalue weighted by Crippen LogP contribution is -2.15. The van der Waals surface area contributed by atoms with E-state index < -0.39 is 5.97 Å². The zero-order valence-electron chi connectivity index (χ0n) is 15.8. The molecule has 0 radical (unpaired) electrons. The maximum absolute atomic E-state index is 12.4. The van der Waals surface area contributed by atoms with E-state index in [2.05, 4.69) is 20.6 Å². The number of hydrogen-bond acceptors (Lipinski definition) is 6. The summed E-state index contributed by atoms with van der Waals surface area (Å²) in [5.41, 5.74) is 4.13. The van der Waals surface area contributed by atoms with Crippen LogP contribution >= 0.6 is 0 Å². The number of nitrogens with one attached hydrogen (secondary N) is 2. The highest BCUT2D eigenvalue weighted by atomic mass is 16.5. The number of aryl methyl sites for hydroxylation is 1. The van der Waals surface area contributed by atoms with E-state index in [0.717, 1.165) is 16.8 Å². The number of ether oxygens (including phenoxy) is 1. The summed E-state index contributed by atoms with van der Waals surface area (Å²) in [7, 11) is 1.33. The fourth-order valence-corrected chi connectivity index (χ4v) is 2.57. The molecular formula is C21H20N4O3. The number of anilines is 3. The molecule has 142 valence electrons. The summed E-state index contributed by atoms with van der Waals surface area (Å²) >= 11 is 0. The third kappa shape index (κ3) is 4.32. The Hall–Kier alpha value is -3.74. The number of benzene rings is 2. The molecule has 0 aliphatic rings. The second-order valence-electron chi connectivity index (χ2n) is 6.19. The van der Waals surface area contributed by atoms with Crippen molar-refractivity contribution < 1.29 is 14.3 Å². The molecule has 3 rings (SSSR count). The molecule has 0 aliphatic heterocycles. The van der Waals surface area contributed by atoms with Crippen LogP contribution in [-0.4, -0.2) is 29.0 Å². The molecule has 0 saturated carbocycles. The van der Waals surface area contributed by atoms with Crippen molar-refractivity contribution in [2.75, 3.05) is 17.7 Å². The summed E-state index contributed by atoms with van der Waals surface area (Å²) in [5, 5.41) is 5.89. The smallest absolute Gasteiger partial charge is 0.337 e. The Morgan fingerprint density at radius 1 is 1.00 bits per heavy atom. The minimum absolute atomic E-state index is 0.203. The van der Waals surface area contributed by atoms with Gasteiger partial charge in [-0.3, -0.25) is 4.79 Å². The van der Waals surface area contributed by atoms with Crippen LogP contribution in [0.15, 0.2) is 54.9 Å². The molecule has 0 atom stereocenters. The molecule has 1 heterocycles. The van der Waals surface area contributed by atoms with E-state index in [1.165, 1.54) is 19.5 Å². The molecule has 3 aromatic rings. The largest absolute Gasteiger partial charge is 0.465 e. The van der Waals surface area contributed by atoms with Crippen LogP contribution < -0.4 is 10.6 Å². The zero-order valence-corrected chi connectivity index (χ0v) is 15.8. The predicted molar refractivity (Wildman–Crippen MR) is 107 cm³/mol. The number of methoxy groups -OCH3 is 1. The van der Waals surface area contributed by atoms with Gasteiger partial charge in [-0.25, -0.2) is 14.8 Å². The minimum Gasteiger partial charge on any atom is -0.465 e. The molecule has 7 nitrogen and oxygen atoms in total. The maximum Gasteiger partial charge on any atom is 0.337 e. The maximum atomic E-state index is 12.4. The van der Waals surface area contributed by atoms with E-state index in [1.54, 1.807) is 24.3 Å². The second-order valence-corrected chi connectivity index (χ2v) is 6.19. The summed E-state index contributed by atoms with van der Waals surface area (Å²) in [6.45, 7) is 3.94. The first kappa shape index (κ1) is 19.0. The van der Waals surface area contributed by atoms with Crippen molar-refractivity contribution in [2.45, 2.75) is 13.8 Å². The quantitative estimate of drug-likeness (QED) is 0.657. The lowest BCUT2D eigenvalue weighted by molar-refractivity contribution is 0.0600. The Bertz CT molecular complexity index is 1020. The third-order valence-corrected chi connectivity index (χ3v) is 4.29. The Labute approximate surface area is 162 Å². The Kier molecular flexibility index (Phi) is 5.64. The fourth-order valence-electron chi connectivity index (χ4n) is 2.57. The van der Waals surface area contributed by atoms with Crippen molar-refractivity contribution in [3.05, 3.63) is 77.2 Å². The Morgan fingerprint density at radius 2 is 1.79 bits per heavy atom. The highest BCUT2D eigenvalue weighted by molar-refractivity contribution is 6.03. The SMILES string of the molecule is COC(=O)c1cccc(Nc2cnc(C(=O)Nc3cccc(C)c3C)cn2)c1. The summed E-state index contributed by atoms with van der Waals surface area (Å²) in [6, 6.07) is 12.5. The fraction of sp³-hybridized carbons (Fsp3) is 0.143. The van der Waals surface area contributed by atoms with Crippen molar-refractivity contribution >= 4 is 29.1 Å². The van der Waals surface area contributed by atoms with Crippen LogP contribution in [0.4, 0.5) is 17.2 Å². The average Bonchev–Trinajstić information content (AvgIpc) is 2.71. The van der Waals surface area contributed by atoms with Gasteiger partial charge in [-0.2, -0.15) is 0 Å². The first-order valence-corrected chi connectivity index (χ1v) is 8.63. The first-order chi connectivity index (χ1) is 13.5. The van der Waals surface area contributed by atoms with Crippen molar-refractivity contribution in [2.24, 2.45) is 0 Å². The number of nitrogens with zero attached hydrogens (tertiary/aromatic N) is 2. The summed E-state index contributed by atoms with van der Waals surface area (Å²) in [4.78, 5) is 32.4. The monoisotopic (exact) mass is 376 g/mol. The van der Waals surface area contributed by atoms with E-state index in [4.69, 9.17) is 4.74 Å². The number of rotatable bonds is 5. The molecule has 0 fully saturated rings. The van der Waals surface area contributed by atoms with Crippen LogP contribution in [0.2, 0.25) is 0 Å². The molecule has 0 spiro atoms. The number of hydrogen-bond donors (Lipinski definition) is 2. The van der Waals surface area contributed by atoms with Gasteiger partial charge in [-0.1, -0.05) is 18.2 Å². The lowest BCUT2D eigenvalue weighted by atomic mass is 10.1. The third-order valence-electron chi connectivity index (χ3n) is 4.29. The van der Waals surface area contributed by atoms with E-state index in [-0.39, 0.29) is 11.6 Å².